The number of aryl methyl sites for hydroxylation is 1. The van der Waals surface area contributed by atoms with E-state index in [-0.39, 0.29) is 0 Å². The van der Waals surface area contributed by atoms with Crippen LogP contribution < -0.4 is 15.4 Å². The van der Waals surface area contributed by atoms with Crippen molar-refractivity contribution >= 4 is 5.69 Å². The van der Waals surface area contributed by atoms with Crippen molar-refractivity contribution in [1.82, 2.24) is 5.32 Å². The first-order valence-electron chi connectivity index (χ1n) is 4.81. The maximum Gasteiger partial charge on any atom is 0.141 e. The molecule has 0 fully saturated rings. The highest BCUT2D eigenvalue weighted by Gasteiger charge is 2.00. The van der Waals surface area contributed by atoms with Crippen molar-refractivity contribution in [2.24, 2.45) is 0 Å². The van der Waals surface area contributed by atoms with Gasteiger partial charge in [0, 0.05) is 13.1 Å². The van der Waals surface area contributed by atoms with E-state index in [9.17, 15) is 0 Å². The first kappa shape index (κ1) is 10.9. The molecule has 0 amide bonds. The molecule has 0 aliphatic carbocycles. The van der Waals surface area contributed by atoms with Gasteiger partial charge in [-0.1, -0.05) is 6.07 Å². The summed E-state index contributed by atoms with van der Waals surface area (Å²) in [6.07, 6.45) is 0. The lowest BCUT2D eigenvalue weighted by Gasteiger charge is -2.11. The van der Waals surface area contributed by atoms with Gasteiger partial charge in [-0.2, -0.15) is 0 Å². The van der Waals surface area contributed by atoms with Crippen molar-refractivity contribution in [3.63, 3.8) is 0 Å². The van der Waals surface area contributed by atoms with Crippen molar-refractivity contribution in [2.45, 2.75) is 6.92 Å². The molecule has 0 saturated carbocycles. The Morgan fingerprint density at radius 1 is 1.29 bits per heavy atom. The summed E-state index contributed by atoms with van der Waals surface area (Å²) in [6, 6.07) is 6.12. The van der Waals surface area contributed by atoms with E-state index in [0.717, 1.165) is 24.5 Å². The summed E-state index contributed by atoms with van der Waals surface area (Å²) in [6.45, 7) is 3.91. The smallest absolute Gasteiger partial charge is 0.141 e. The molecule has 0 bridgehead atoms. The number of likely N-dealkylation sites (N-methyl/N-ethyl adjacent to an activating group) is 1. The van der Waals surface area contributed by atoms with E-state index in [4.69, 9.17) is 4.74 Å². The van der Waals surface area contributed by atoms with Gasteiger partial charge in [0.1, 0.15) is 5.75 Å². The summed E-state index contributed by atoms with van der Waals surface area (Å²) in [5.41, 5.74) is 2.29. The third kappa shape index (κ3) is 2.92. The van der Waals surface area contributed by atoms with Crippen LogP contribution in [0, 0.1) is 6.92 Å². The number of hydrogen-bond acceptors (Lipinski definition) is 3. The number of methoxy groups -OCH3 is 1. The molecule has 1 aromatic carbocycles. The second-order valence-corrected chi connectivity index (χ2v) is 3.23. The van der Waals surface area contributed by atoms with E-state index < -0.39 is 0 Å². The lowest BCUT2D eigenvalue weighted by molar-refractivity contribution is 0.416. The highest BCUT2D eigenvalue weighted by Crippen LogP contribution is 2.24. The minimum atomic E-state index is 0.895. The molecule has 0 saturated heterocycles. The summed E-state index contributed by atoms with van der Waals surface area (Å²) in [5, 5.41) is 6.41. The summed E-state index contributed by atoms with van der Waals surface area (Å²) in [5.74, 6) is 0.895. The predicted octanol–water partition coefficient (Wildman–Crippen LogP) is 1.63. The molecule has 3 nitrogen and oxygen atoms in total. The standard InChI is InChI=1S/C11H18N2O/c1-9-4-5-11(14-3)10(8-9)13-7-6-12-2/h4-5,8,12-13H,6-7H2,1-3H3. The van der Waals surface area contributed by atoms with Gasteiger partial charge in [-0.15, -0.1) is 0 Å². The molecule has 0 aliphatic heterocycles. The largest absolute Gasteiger partial charge is 0.495 e. The SMILES string of the molecule is CNCCNc1cc(C)ccc1OC. The zero-order valence-corrected chi connectivity index (χ0v) is 9.05. The van der Waals surface area contributed by atoms with Crippen molar-refractivity contribution in [1.29, 1.82) is 0 Å². The topological polar surface area (TPSA) is 33.3 Å². The molecule has 3 heteroatoms. The monoisotopic (exact) mass is 194 g/mol. The van der Waals surface area contributed by atoms with E-state index in [0.29, 0.717) is 0 Å². The minimum absolute atomic E-state index is 0.895. The van der Waals surface area contributed by atoms with E-state index in [2.05, 4.69) is 23.6 Å². The molecule has 0 unspecified atom stereocenters. The van der Waals surface area contributed by atoms with Crippen LogP contribution in [0.4, 0.5) is 5.69 Å². The first-order chi connectivity index (χ1) is 6.77. The average molecular weight is 194 g/mol. The van der Waals surface area contributed by atoms with Crippen LogP contribution in [0.5, 0.6) is 5.75 Å². The Kier molecular flexibility index (Phi) is 4.26. The Morgan fingerprint density at radius 3 is 2.71 bits per heavy atom. The molecule has 0 aromatic heterocycles. The van der Waals surface area contributed by atoms with Crippen LogP contribution in [0.3, 0.4) is 0 Å². The van der Waals surface area contributed by atoms with Crippen LogP contribution >= 0.6 is 0 Å². The van der Waals surface area contributed by atoms with Gasteiger partial charge in [0.15, 0.2) is 0 Å². The van der Waals surface area contributed by atoms with Gasteiger partial charge >= 0.3 is 0 Å². The molecule has 0 heterocycles. The van der Waals surface area contributed by atoms with Gasteiger partial charge in [0.25, 0.3) is 0 Å². The molecular weight excluding hydrogens is 176 g/mol. The molecule has 2 N–H and O–H groups in total. The Balaban J connectivity index is 2.67. The van der Waals surface area contributed by atoms with Gasteiger partial charge in [0.05, 0.1) is 12.8 Å². The molecule has 1 aromatic rings. The summed E-state index contributed by atoms with van der Waals surface area (Å²) in [4.78, 5) is 0. The van der Waals surface area contributed by atoms with Crippen LogP contribution in [-0.4, -0.2) is 27.2 Å². The lowest BCUT2D eigenvalue weighted by atomic mass is 10.2. The number of anilines is 1. The van der Waals surface area contributed by atoms with E-state index >= 15 is 0 Å². The number of nitrogens with one attached hydrogen (secondary N) is 2. The predicted molar refractivity (Wildman–Crippen MR) is 60.1 cm³/mol. The highest BCUT2D eigenvalue weighted by atomic mass is 16.5. The zero-order valence-electron chi connectivity index (χ0n) is 9.05. The molecule has 0 atom stereocenters. The molecule has 0 spiro atoms. The van der Waals surface area contributed by atoms with E-state index in [1.165, 1.54) is 5.56 Å². The number of hydrogen-bond donors (Lipinski definition) is 2. The van der Waals surface area contributed by atoms with E-state index in [1.54, 1.807) is 7.11 Å². The Bertz CT molecular complexity index is 287. The fourth-order valence-electron chi connectivity index (χ4n) is 1.28. The molecule has 14 heavy (non-hydrogen) atoms. The second-order valence-electron chi connectivity index (χ2n) is 3.23. The highest BCUT2D eigenvalue weighted by molar-refractivity contribution is 5.57. The number of ether oxygens (including phenoxy) is 1. The number of rotatable bonds is 5. The van der Waals surface area contributed by atoms with Crippen molar-refractivity contribution in [3.8, 4) is 5.75 Å². The maximum absolute atomic E-state index is 5.25. The Labute approximate surface area is 85.5 Å². The van der Waals surface area contributed by atoms with Gasteiger partial charge in [-0.25, -0.2) is 0 Å². The summed E-state index contributed by atoms with van der Waals surface area (Å²) in [7, 11) is 3.63. The van der Waals surface area contributed by atoms with Crippen molar-refractivity contribution in [2.75, 3.05) is 32.6 Å². The van der Waals surface area contributed by atoms with Crippen molar-refractivity contribution in [3.05, 3.63) is 23.8 Å². The lowest BCUT2D eigenvalue weighted by Crippen LogP contribution is -2.18. The molecule has 0 aliphatic rings. The second kappa shape index (κ2) is 5.50. The number of benzene rings is 1. The van der Waals surface area contributed by atoms with Gasteiger partial charge in [-0.05, 0) is 31.7 Å². The summed E-state index contributed by atoms with van der Waals surface area (Å²) >= 11 is 0. The fraction of sp³-hybridized carbons (Fsp3) is 0.455. The molecule has 0 radical (unpaired) electrons. The molecule has 78 valence electrons. The summed E-state index contributed by atoms with van der Waals surface area (Å²) < 4.78 is 5.25. The quantitative estimate of drug-likeness (QED) is 0.699. The molecule has 1 rings (SSSR count). The molecular formula is C11H18N2O. The van der Waals surface area contributed by atoms with Gasteiger partial charge in [-0.3, -0.25) is 0 Å². The minimum Gasteiger partial charge on any atom is -0.495 e. The van der Waals surface area contributed by atoms with Gasteiger partial charge < -0.3 is 15.4 Å². The average Bonchev–Trinajstić information content (AvgIpc) is 2.19. The first-order valence-corrected chi connectivity index (χ1v) is 4.81. The van der Waals surface area contributed by atoms with Crippen LogP contribution in [0.2, 0.25) is 0 Å². The van der Waals surface area contributed by atoms with Crippen LogP contribution in [0.1, 0.15) is 5.56 Å². The third-order valence-corrected chi connectivity index (χ3v) is 2.05. The van der Waals surface area contributed by atoms with E-state index in [1.807, 2.05) is 19.2 Å². The normalized spacial score (nSPS) is 9.93. The van der Waals surface area contributed by atoms with Crippen molar-refractivity contribution < 1.29 is 4.74 Å². The Hall–Kier alpha value is -1.22. The fourth-order valence-corrected chi connectivity index (χ4v) is 1.28. The van der Waals surface area contributed by atoms with Gasteiger partial charge in [0.2, 0.25) is 0 Å². The zero-order chi connectivity index (χ0) is 10.4. The van der Waals surface area contributed by atoms with Crippen LogP contribution in [0.25, 0.3) is 0 Å². The van der Waals surface area contributed by atoms with Crippen LogP contribution in [-0.2, 0) is 0 Å². The Morgan fingerprint density at radius 2 is 2.07 bits per heavy atom. The maximum atomic E-state index is 5.25. The van der Waals surface area contributed by atoms with Crippen LogP contribution in [0.15, 0.2) is 18.2 Å². The third-order valence-electron chi connectivity index (χ3n) is 2.05.